The Hall–Kier alpha value is -1.78. The number of carbonyl (C=O) groups is 2. The molecule has 2 N–H and O–H groups in total. The second-order valence-corrected chi connectivity index (χ2v) is 4.50. The van der Waals surface area contributed by atoms with Crippen molar-refractivity contribution in [2.24, 2.45) is 7.05 Å². The minimum absolute atomic E-state index is 0.0663. The molecule has 0 aliphatic heterocycles. The van der Waals surface area contributed by atoms with Gasteiger partial charge in [0.25, 0.3) is 0 Å². The molecule has 112 valence electrons. The lowest BCUT2D eigenvalue weighted by molar-refractivity contribution is -0.147. The van der Waals surface area contributed by atoms with Gasteiger partial charge in [-0.15, -0.1) is 10.2 Å². The molecule has 0 bridgehead atoms. The zero-order valence-electron chi connectivity index (χ0n) is 10.6. The molecule has 11 heteroatoms. The minimum Gasteiger partial charge on any atom is -0.338 e. The molecule has 1 heterocycles. The minimum atomic E-state index is -4.61. The Bertz CT molecular complexity index is 502. The first-order valence-electron chi connectivity index (χ1n) is 5.42. The van der Waals surface area contributed by atoms with Crippen molar-refractivity contribution in [3.8, 4) is 0 Å². The third-order valence-corrected chi connectivity index (χ3v) is 3.03. The molecule has 0 aliphatic rings. The molecular formula is C9H12F3N5O2S. The van der Waals surface area contributed by atoms with Crippen molar-refractivity contribution in [3.05, 3.63) is 5.82 Å². The molecule has 1 aromatic heterocycles. The number of thioether (sulfide) groups is 1. The predicted octanol–water partition coefficient (Wildman–Crippen LogP) is 0.772. The second kappa shape index (κ2) is 6.59. The Morgan fingerprint density at radius 3 is 2.50 bits per heavy atom. The lowest BCUT2D eigenvalue weighted by Gasteiger charge is -2.06. The van der Waals surface area contributed by atoms with E-state index < -0.39 is 23.9 Å². The SMILES string of the molecule is CCNC(=O)NC(=O)CSc1nnc(C(F)(F)F)n1C. The number of urea groups is 1. The van der Waals surface area contributed by atoms with E-state index in [1.54, 1.807) is 6.92 Å². The molecule has 1 rings (SSSR count). The number of nitrogens with zero attached hydrogens (tertiary/aromatic N) is 3. The maximum absolute atomic E-state index is 12.5. The Morgan fingerprint density at radius 2 is 2.00 bits per heavy atom. The Morgan fingerprint density at radius 1 is 1.35 bits per heavy atom. The highest BCUT2D eigenvalue weighted by Crippen LogP contribution is 2.29. The molecule has 0 radical (unpaired) electrons. The van der Waals surface area contributed by atoms with Gasteiger partial charge in [0.1, 0.15) is 0 Å². The van der Waals surface area contributed by atoms with E-state index in [2.05, 4.69) is 15.5 Å². The number of nitrogens with one attached hydrogen (secondary N) is 2. The van der Waals surface area contributed by atoms with Crippen LogP contribution in [0.3, 0.4) is 0 Å². The molecule has 0 aliphatic carbocycles. The molecule has 0 fully saturated rings. The monoisotopic (exact) mass is 311 g/mol. The zero-order valence-corrected chi connectivity index (χ0v) is 11.4. The average Bonchev–Trinajstić information content (AvgIpc) is 2.68. The van der Waals surface area contributed by atoms with Crippen LogP contribution in [0.2, 0.25) is 0 Å². The van der Waals surface area contributed by atoms with Gasteiger partial charge in [-0.2, -0.15) is 13.2 Å². The molecular weight excluding hydrogens is 299 g/mol. The van der Waals surface area contributed by atoms with Crippen molar-refractivity contribution >= 4 is 23.7 Å². The van der Waals surface area contributed by atoms with E-state index >= 15 is 0 Å². The molecule has 0 saturated heterocycles. The highest BCUT2D eigenvalue weighted by molar-refractivity contribution is 7.99. The fraction of sp³-hybridized carbons (Fsp3) is 0.556. The summed E-state index contributed by atoms with van der Waals surface area (Å²) in [5.74, 6) is -2.04. The molecule has 0 atom stereocenters. The van der Waals surface area contributed by atoms with Crippen LogP contribution in [0.1, 0.15) is 12.7 Å². The topological polar surface area (TPSA) is 88.9 Å². The highest BCUT2D eigenvalue weighted by atomic mass is 32.2. The Labute approximate surface area is 116 Å². The molecule has 20 heavy (non-hydrogen) atoms. The molecule has 3 amide bonds. The van der Waals surface area contributed by atoms with Crippen LogP contribution < -0.4 is 10.6 Å². The summed E-state index contributed by atoms with van der Waals surface area (Å²) in [4.78, 5) is 22.4. The number of rotatable bonds is 4. The van der Waals surface area contributed by atoms with Crippen LogP contribution in [0.15, 0.2) is 5.16 Å². The van der Waals surface area contributed by atoms with Gasteiger partial charge in [-0.05, 0) is 6.92 Å². The van der Waals surface area contributed by atoms with Gasteiger partial charge in [-0.25, -0.2) is 4.79 Å². The standard InChI is InChI=1S/C9H12F3N5O2S/c1-3-13-7(19)14-5(18)4-20-8-16-15-6(17(8)2)9(10,11)12/h3-4H2,1-2H3,(H2,13,14,18,19). The third-order valence-electron chi connectivity index (χ3n) is 2.01. The van der Waals surface area contributed by atoms with E-state index in [9.17, 15) is 22.8 Å². The van der Waals surface area contributed by atoms with E-state index in [0.29, 0.717) is 6.54 Å². The van der Waals surface area contributed by atoms with E-state index in [1.807, 2.05) is 5.32 Å². The van der Waals surface area contributed by atoms with Crippen LogP contribution >= 0.6 is 11.8 Å². The molecule has 7 nitrogen and oxygen atoms in total. The number of aromatic nitrogens is 3. The average molecular weight is 311 g/mol. The number of hydrogen-bond donors (Lipinski definition) is 2. The van der Waals surface area contributed by atoms with Gasteiger partial charge in [0.05, 0.1) is 5.75 Å². The van der Waals surface area contributed by atoms with Crippen molar-refractivity contribution in [1.82, 2.24) is 25.4 Å². The maximum atomic E-state index is 12.5. The number of carbonyl (C=O) groups excluding carboxylic acids is 2. The van der Waals surface area contributed by atoms with Crippen LogP contribution in [0.25, 0.3) is 0 Å². The fourth-order valence-electron chi connectivity index (χ4n) is 1.18. The van der Waals surface area contributed by atoms with Crippen molar-refractivity contribution < 1.29 is 22.8 Å². The number of halogens is 3. The summed E-state index contributed by atoms with van der Waals surface area (Å²) in [5.41, 5.74) is 0. The van der Waals surface area contributed by atoms with Gasteiger partial charge in [-0.3, -0.25) is 10.1 Å². The largest absolute Gasteiger partial charge is 0.451 e. The molecule has 0 spiro atoms. The van der Waals surface area contributed by atoms with Crippen LogP contribution in [-0.2, 0) is 18.0 Å². The third kappa shape index (κ3) is 4.40. The molecule has 0 saturated carbocycles. The maximum Gasteiger partial charge on any atom is 0.451 e. The number of imide groups is 1. The first kappa shape index (κ1) is 16.3. The molecule has 0 aromatic carbocycles. The first-order valence-corrected chi connectivity index (χ1v) is 6.41. The number of amides is 3. The summed E-state index contributed by atoms with van der Waals surface area (Å²) in [6, 6.07) is -0.660. The molecule has 1 aromatic rings. The van der Waals surface area contributed by atoms with Crippen LogP contribution in [0.5, 0.6) is 0 Å². The van der Waals surface area contributed by atoms with E-state index in [1.165, 1.54) is 0 Å². The van der Waals surface area contributed by atoms with Crippen molar-refractivity contribution in [2.75, 3.05) is 12.3 Å². The van der Waals surface area contributed by atoms with Crippen molar-refractivity contribution in [2.45, 2.75) is 18.3 Å². The normalized spacial score (nSPS) is 11.2. The quantitative estimate of drug-likeness (QED) is 0.802. The molecule has 0 unspecified atom stereocenters. The van der Waals surface area contributed by atoms with Gasteiger partial charge in [0.2, 0.25) is 11.7 Å². The van der Waals surface area contributed by atoms with E-state index in [4.69, 9.17) is 0 Å². The van der Waals surface area contributed by atoms with Gasteiger partial charge < -0.3 is 9.88 Å². The van der Waals surface area contributed by atoms with E-state index in [0.717, 1.165) is 23.4 Å². The number of hydrogen-bond acceptors (Lipinski definition) is 5. The van der Waals surface area contributed by atoms with Crippen molar-refractivity contribution in [3.63, 3.8) is 0 Å². The van der Waals surface area contributed by atoms with Gasteiger partial charge in [0.15, 0.2) is 5.16 Å². The summed E-state index contributed by atoms with van der Waals surface area (Å²) < 4.78 is 38.1. The Kier molecular flexibility index (Phi) is 5.36. The summed E-state index contributed by atoms with van der Waals surface area (Å²) >= 11 is 0.749. The fourth-order valence-corrected chi connectivity index (χ4v) is 1.90. The second-order valence-electron chi connectivity index (χ2n) is 3.56. The van der Waals surface area contributed by atoms with Crippen LogP contribution in [0.4, 0.5) is 18.0 Å². The lowest BCUT2D eigenvalue weighted by Crippen LogP contribution is -2.40. The van der Waals surface area contributed by atoms with Gasteiger partial charge in [0, 0.05) is 13.6 Å². The van der Waals surface area contributed by atoms with E-state index in [-0.39, 0.29) is 10.9 Å². The Balaban J connectivity index is 2.57. The summed E-state index contributed by atoms with van der Waals surface area (Å²) in [5, 5.41) is 10.7. The summed E-state index contributed by atoms with van der Waals surface area (Å²) in [6.45, 7) is 2.03. The smallest absolute Gasteiger partial charge is 0.338 e. The van der Waals surface area contributed by atoms with Gasteiger partial charge >= 0.3 is 12.2 Å². The summed E-state index contributed by atoms with van der Waals surface area (Å²) in [6.07, 6.45) is -4.61. The summed E-state index contributed by atoms with van der Waals surface area (Å²) in [7, 11) is 1.15. The predicted molar refractivity (Wildman–Crippen MR) is 63.9 cm³/mol. The van der Waals surface area contributed by atoms with Crippen molar-refractivity contribution in [1.29, 1.82) is 0 Å². The van der Waals surface area contributed by atoms with Crippen LogP contribution in [-0.4, -0.2) is 39.0 Å². The lowest BCUT2D eigenvalue weighted by atomic mass is 10.6. The first-order chi connectivity index (χ1) is 9.25. The number of alkyl halides is 3. The highest BCUT2D eigenvalue weighted by Gasteiger charge is 2.37. The zero-order chi connectivity index (χ0) is 15.3. The van der Waals surface area contributed by atoms with Gasteiger partial charge in [-0.1, -0.05) is 11.8 Å². The van der Waals surface area contributed by atoms with Crippen LogP contribution in [0, 0.1) is 0 Å².